The van der Waals surface area contributed by atoms with Crippen LogP contribution in [0.1, 0.15) is 28.9 Å². The Morgan fingerprint density at radius 1 is 1.36 bits per heavy atom. The minimum atomic E-state index is -0.422. The molecule has 2 aliphatic rings. The highest BCUT2D eigenvalue weighted by molar-refractivity contribution is 5.91. The minimum Gasteiger partial charge on any atom is -0.442 e. The maximum absolute atomic E-state index is 12.3. The van der Waals surface area contributed by atoms with Gasteiger partial charge in [0.25, 0.3) is 11.4 Å². The summed E-state index contributed by atoms with van der Waals surface area (Å²) in [5.74, 6) is -0.232. The summed E-state index contributed by atoms with van der Waals surface area (Å²) in [5.41, 5.74) is 1.62. The minimum absolute atomic E-state index is 0.232. The number of carbonyl (C=O) groups excluding carboxylic acids is 2. The molecule has 0 bridgehead atoms. The SMILES string of the molecule is [C-]#[N+]C1(c2ccc(N3CC(Cn4cc(C(=O)N(C)C)nn4)OC3=O)cc2)CC1. The van der Waals surface area contributed by atoms with Crippen molar-refractivity contribution < 1.29 is 14.3 Å². The highest BCUT2D eigenvalue weighted by Gasteiger charge is 2.52. The van der Waals surface area contributed by atoms with E-state index >= 15 is 0 Å². The summed E-state index contributed by atoms with van der Waals surface area (Å²) in [7, 11) is 3.29. The van der Waals surface area contributed by atoms with Crippen molar-refractivity contribution in [3.05, 3.63) is 53.1 Å². The molecule has 0 N–H and O–H groups in total. The second-order valence-electron chi connectivity index (χ2n) is 7.33. The van der Waals surface area contributed by atoms with Crippen molar-refractivity contribution in [2.45, 2.75) is 31.0 Å². The fourth-order valence-electron chi connectivity index (χ4n) is 3.29. The van der Waals surface area contributed by atoms with Crippen LogP contribution in [0.2, 0.25) is 0 Å². The summed E-state index contributed by atoms with van der Waals surface area (Å²) < 4.78 is 6.94. The molecule has 0 spiro atoms. The van der Waals surface area contributed by atoms with Gasteiger partial charge in [-0.3, -0.25) is 9.69 Å². The van der Waals surface area contributed by atoms with E-state index in [2.05, 4.69) is 15.2 Å². The fraction of sp³-hybridized carbons (Fsp3) is 0.421. The van der Waals surface area contributed by atoms with Gasteiger partial charge in [0.2, 0.25) is 0 Å². The van der Waals surface area contributed by atoms with E-state index < -0.39 is 12.2 Å². The van der Waals surface area contributed by atoms with Crippen molar-refractivity contribution >= 4 is 17.7 Å². The van der Waals surface area contributed by atoms with E-state index in [4.69, 9.17) is 11.3 Å². The van der Waals surface area contributed by atoms with Gasteiger partial charge in [-0.05, 0) is 24.3 Å². The monoisotopic (exact) mass is 380 g/mol. The second kappa shape index (κ2) is 6.64. The summed E-state index contributed by atoms with van der Waals surface area (Å²) in [6.07, 6.45) is 2.51. The van der Waals surface area contributed by atoms with Gasteiger partial charge >= 0.3 is 6.09 Å². The summed E-state index contributed by atoms with van der Waals surface area (Å²) >= 11 is 0. The topological polar surface area (TPSA) is 84.9 Å². The van der Waals surface area contributed by atoms with Crippen LogP contribution in [-0.2, 0) is 16.8 Å². The fourth-order valence-corrected chi connectivity index (χ4v) is 3.29. The zero-order valence-corrected chi connectivity index (χ0v) is 15.7. The predicted molar refractivity (Wildman–Crippen MR) is 99.6 cm³/mol. The van der Waals surface area contributed by atoms with Crippen molar-refractivity contribution in [2.75, 3.05) is 25.5 Å². The van der Waals surface area contributed by atoms with Gasteiger partial charge in [-0.1, -0.05) is 5.21 Å². The molecular weight excluding hydrogens is 360 g/mol. The first kappa shape index (κ1) is 18.0. The molecule has 1 saturated carbocycles. The summed E-state index contributed by atoms with van der Waals surface area (Å²) in [6, 6.07) is 7.54. The van der Waals surface area contributed by atoms with Gasteiger partial charge in [-0.15, -0.1) is 5.10 Å². The number of rotatable bonds is 5. The molecule has 2 aromatic rings. The quantitative estimate of drug-likeness (QED) is 0.740. The lowest BCUT2D eigenvalue weighted by Gasteiger charge is -2.13. The normalized spacial score (nSPS) is 19.8. The van der Waals surface area contributed by atoms with Crippen LogP contribution in [0.15, 0.2) is 30.5 Å². The maximum atomic E-state index is 12.3. The predicted octanol–water partition coefficient (Wildman–Crippen LogP) is 1.91. The van der Waals surface area contributed by atoms with Crippen molar-refractivity contribution in [1.82, 2.24) is 19.9 Å². The number of hydrogen-bond donors (Lipinski definition) is 0. The number of benzene rings is 1. The number of aromatic nitrogens is 3. The van der Waals surface area contributed by atoms with E-state index in [0.29, 0.717) is 13.1 Å². The standard InChI is InChI=1S/C19H20N6O3/c1-20-19(8-9-19)13-4-6-14(7-5-13)25-11-15(28-18(25)27)10-24-12-16(21-22-24)17(26)23(2)3/h4-7,12,15H,8-11H2,2-3H3. The van der Waals surface area contributed by atoms with E-state index in [1.807, 2.05) is 24.3 Å². The Morgan fingerprint density at radius 3 is 2.68 bits per heavy atom. The van der Waals surface area contributed by atoms with Gasteiger partial charge in [0.15, 0.2) is 5.69 Å². The summed E-state index contributed by atoms with van der Waals surface area (Å²) in [6.45, 7) is 8.04. The van der Waals surface area contributed by atoms with E-state index in [0.717, 1.165) is 24.1 Å². The molecular formula is C19H20N6O3. The van der Waals surface area contributed by atoms with Crippen LogP contribution in [0.25, 0.3) is 4.85 Å². The Balaban J connectivity index is 1.42. The zero-order chi connectivity index (χ0) is 19.9. The van der Waals surface area contributed by atoms with Crippen LogP contribution in [0.3, 0.4) is 0 Å². The molecule has 144 valence electrons. The Kier molecular flexibility index (Phi) is 4.26. The molecule has 1 aliphatic carbocycles. The third-order valence-electron chi connectivity index (χ3n) is 5.08. The lowest BCUT2D eigenvalue weighted by atomic mass is 10.1. The molecule has 1 atom stereocenters. The zero-order valence-electron chi connectivity index (χ0n) is 15.7. The van der Waals surface area contributed by atoms with Gasteiger partial charge in [0.1, 0.15) is 6.10 Å². The smallest absolute Gasteiger partial charge is 0.414 e. The number of amides is 2. The van der Waals surface area contributed by atoms with Crippen molar-refractivity contribution in [3.8, 4) is 0 Å². The lowest BCUT2D eigenvalue weighted by molar-refractivity contribution is 0.0821. The molecule has 4 rings (SSSR count). The van der Waals surface area contributed by atoms with E-state index in [9.17, 15) is 9.59 Å². The number of nitrogens with zero attached hydrogens (tertiary/aromatic N) is 6. The number of hydrogen-bond acceptors (Lipinski definition) is 5. The Bertz CT molecular complexity index is 955. The van der Waals surface area contributed by atoms with Crippen molar-refractivity contribution in [2.24, 2.45) is 0 Å². The Hall–Kier alpha value is -3.41. The van der Waals surface area contributed by atoms with Gasteiger partial charge in [0, 0.05) is 38.2 Å². The molecule has 28 heavy (non-hydrogen) atoms. The average molecular weight is 380 g/mol. The molecule has 0 radical (unpaired) electrons. The molecule has 1 aromatic carbocycles. The molecule has 1 unspecified atom stereocenters. The number of anilines is 1. The lowest BCUT2D eigenvalue weighted by Crippen LogP contribution is -2.26. The van der Waals surface area contributed by atoms with E-state index in [1.165, 1.54) is 9.58 Å². The van der Waals surface area contributed by atoms with Crippen LogP contribution < -0.4 is 4.90 Å². The summed E-state index contributed by atoms with van der Waals surface area (Å²) in [4.78, 5) is 30.9. The largest absolute Gasteiger partial charge is 0.442 e. The highest BCUT2D eigenvalue weighted by Crippen LogP contribution is 2.49. The van der Waals surface area contributed by atoms with Gasteiger partial charge < -0.3 is 14.5 Å². The first-order valence-corrected chi connectivity index (χ1v) is 9.01. The molecule has 9 heteroatoms. The molecule has 9 nitrogen and oxygen atoms in total. The first-order valence-electron chi connectivity index (χ1n) is 9.01. The van der Waals surface area contributed by atoms with Crippen LogP contribution in [0.5, 0.6) is 0 Å². The molecule has 1 aliphatic heterocycles. The second-order valence-corrected chi connectivity index (χ2v) is 7.33. The third-order valence-corrected chi connectivity index (χ3v) is 5.08. The van der Waals surface area contributed by atoms with Crippen LogP contribution in [-0.4, -0.2) is 58.6 Å². The van der Waals surface area contributed by atoms with Crippen LogP contribution >= 0.6 is 0 Å². The number of cyclic esters (lactones) is 1. The first-order chi connectivity index (χ1) is 13.4. The van der Waals surface area contributed by atoms with E-state index in [1.54, 1.807) is 25.2 Å². The highest BCUT2D eigenvalue weighted by atomic mass is 16.6. The summed E-state index contributed by atoms with van der Waals surface area (Å²) in [5, 5.41) is 7.81. The molecule has 2 fully saturated rings. The van der Waals surface area contributed by atoms with E-state index in [-0.39, 0.29) is 17.1 Å². The molecule has 1 saturated heterocycles. The van der Waals surface area contributed by atoms with Gasteiger partial charge in [-0.2, -0.15) is 0 Å². The number of ether oxygens (including phenoxy) is 1. The Labute approximate surface area is 162 Å². The molecule has 1 aromatic heterocycles. The van der Waals surface area contributed by atoms with Gasteiger partial charge in [0.05, 0.1) is 19.3 Å². The molecule has 2 amide bonds. The maximum Gasteiger partial charge on any atom is 0.414 e. The van der Waals surface area contributed by atoms with Crippen molar-refractivity contribution in [3.63, 3.8) is 0 Å². The van der Waals surface area contributed by atoms with Gasteiger partial charge in [-0.25, -0.2) is 16.0 Å². The van der Waals surface area contributed by atoms with Crippen molar-refractivity contribution in [1.29, 1.82) is 0 Å². The number of carbonyl (C=O) groups is 2. The third kappa shape index (κ3) is 3.17. The average Bonchev–Trinajstić information content (AvgIpc) is 3.22. The van der Waals surface area contributed by atoms with Crippen LogP contribution in [0.4, 0.5) is 10.5 Å². The Morgan fingerprint density at radius 2 is 2.07 bits per heavy atom. The molecule has 2 heterocycles. The van der Waals surface area contributed by atoms with Crippen LogP contribution in [0, 0.1) is 6.57 Å².